The van der Waals surface area contributed by atoms with Gasteiger partial charge in [-0.2, -0.15) is 0 Å². The van der Waals surface area contributed by atoms with Gasteiger partial charge in [-0.15, -0.1) is 0 Å². The molecule has 0 aliphatic rings. The van der Waals surface area contributed by atoms with Crippen LogP contribution < -0.4 is 10.1 Å². The standard InChI is InChI=1S/C17H23NO2/c1-4-16(11-19)18-12(2)13-5-6-15-10-17(20-3)8-7-14(15)9-13/h5-10,12,16,18-19H,4,11H2,1-3H3/t12?,16-/m0/s1. The fourth-order valence-corrected chi connectivity index (χ4v) is 2.39. The smallest absolute Gasteiger partial charge is 0.119 e. The summed E-state index contributed by atoms with van der Waals surface area (Å²) >= 11 is 0. The number of hydrogen-bond donors (Lipinski definition) is 2. The largest absolute Gasteiger partial charge is 0.497 e. The van der Waals surface area contributed by atoms with Crippen LogP contribution >= 0.6 is 0 Å². The molecule has 2 atom stereocenters. The van der Waals surface area contributed by atoms with Crippen molar-refractivity contribution in [2.45, 2.75) is 32.4 Å². The van der Waals surface area contributed by atoms with E-state index in [0.29, 0.717) is 0 Å². The minimum absolute atomic E-state index is 0.150. The third-order valence-electron chi connectivity index (χ3n) is 3.77. The van der Waals surface area contributed by atoms with Crippen LogP contribution in [0.5, 0.6) is 5.75 Å². The summed E-state index contributed by atoms with van der Waals surface area (Å²) in [4.78, 5) is 0. The van der Waals surface area contributed by atoms with E-state index in [1.807, 2.05) is 12.1 Å². The lowest BCUT2D eigenvalue weighted by atomic mass is 10.0. The molecular formula is C17H23NO2. The molecule has 0 fully saturated rings. The Morgan fingerprint density at radius 3 is 2.50 bits per heavy atom. The molecule has 3 nitrogen and oxygen atoms in total. The molecule has 108 valence electrons. The van der Waals surface area contributed by atoms with Gasteiger partial charge in [0, 0.05) is 12.1 Å². The van der Waals surface area contributed by atoms with Crippen LogP contribution in [0.15, 0.2) is 36.4 Å². The van der Waals surface area contributed by atoms with Gasteiger partial charge in [0.15, 0.2) is 0 Å². The van der Waals surface area contributed by atoms with Gasteiger partial charge in [-0.1, -0.05) is 25.1 Å². The molecule has 0 aromatic heterocycles. The van der Waals surface area contributed by atoms with Gasteiger partial charge in [0.1, 0.15) is 5.75 Å². The fourth-order valence-electron chi connectivity index (χ4n) is 2.39. The molecule has 0 bridgehead atoms. The maximum atomic E-state index is 9.27. The number of rotatable bonds is 6. The minimum Gasteiger partial charge on any atom is -0.497 e. The molecular weight excluding hydrogens is 250 g/mol. The molecule has 2 N–H and O–H groups in total. The Hall–Kier alpha value is -1.58. The Labute approximate surface area is 120 Å². The van der Waals surface area contributed by atoms with E-state index in [-0.39, 0.29) is 18.7 Å². The van der Waals surface area contributed by atoms with Gasteiger partial charge in [0.2, 0.25) is 0 Å². The maximum Gasteiger partial charge on any atom is 0.119 e. The second-order valence-electron chi connectivity index (χ2n) is 5.15. The Morgan fingerprint density at radius 2 is 1.85 bits per heavy atom. The van der Waals surface area contributed by atoms with Crippen molar-refractivity contribution in [3.05, 3.63) is 42.0 Å². The fraction of sp³-hybridized carbons (Fsp3) is 0.412. The van der Waals surface area contributed by atoms with E-state index in [2.05, 4.69) is 43.4 Å². The van der Waals surface area contributed by atoms with Crippen molar-refractivity contribution in [2.75, 3.05) is 13.7 Å². The summed E-state index contributed by atoms with van der Waals surface area (Å²) in [5.74, 6) is 0.878. The van der Waals surface area contributed by atoms with Gasteiger partial charge in [0.05, 0.1) is 13.7 Å². The van der Waals surface area contributed by atoms with Crippen molar-refractivity contribution in [1.29, 1.82) is 0 Å². The van der Waals surface area contributed by atoms with Crippen LogP contribution in [0, 0.1) is 0 Å². The molecule has 2 aromatic carbocycles. The molecule has 0 radical (unpaired) electrons. The summed E-state index contributed by atoms with van der Waals surface area (Å²) in [6.07, 6.45) is 0.922. The van der Waals surface area contributed by atoms with Crippen molar-refractivity contribution in [1.82, 2.24) is 5.32 Å². The number of hydrogen-bond acceptors (Lipinski definition) is 3. The molecule has 0 saturated heterocycles. The molecule has 0 aliphatic heterocycles. The predicted molar refractivity (Wildman–Crippen MR) is 83.2 cm³/mol. The summed E-state index contributed by atoms with van der Waals surface area (Å²) in [6.45, 7) is 4.38. The van der Waals surface area contributed by atoms with Crippen molar-refractivity contribution in [3.8, 4) is 5.75 Å². The topological polar surface area (TPSA) is 41.5 Å². The first-order chi connectivity index (χ1) is 9.67. The zero-order valence-electron chi connectivity index (χ0n) is 12.4. The molecule has 2 rings (SSSR count). The van der Waals surface area contributed by atoms with Gasteiger partial charge >= 0.3 is 0 Å². The van der Waals surface area contributed by atoms with Crippen molar-refractivity contribution >= 4 is 10.8 Å². The molecule has 0 heterocycles. The summed E-state index contributed by atoms with van der Waals surface area (Å²) in [5.41, 5.74) is 1.23. The molecule has 0 spiro atoms. The number of fused-ring (bicyclic) bond motifs is 1. The average molecular weight is 273 g/mol. The molecule has 0 amide bonds. The first kappa shape index (κ1) is 14.8. The molecule has 3 heteroatoms. The Kier molecular flexibility index (Phi) is 4.99. The van der Waals surface area contributed by atoms with Crippen LogP contribution in [0.1, 0.15) is 31.9 Å². The van der Waals surface area contributed by atoms with E-state index in [1.165, 1.54) is 16.3 Å². The van der Waals surface area contributed by atoms with Crippen molar-refractivity contribution in [2.24, 2.45) is 0 Å². The lowest BCUT2D eigenvalue weighted by molar-refractivity contribution is 0.230. The molecule has 20 heavy (non-hydrogen) atoms. The van der Waals surface area contributed by atoms with E-state index < -0.39 is 0 Å². The lowest BCUT2D eigenvalue weighted by Crippen LogP contribution is -2.33. The second kappa shape index (κ2) is 6.73. The van der Waals surface area contributed by atoms with Crippen LogP contribution in [0.4, 0.5) is 0 Å². The maximum absolute atomic E-state index is 9.27. The predicted octanol–water partition coefficient (Wildman–Crippen LogP) is 3.27. The molecule has 2 aromatic rings. The zero-order valence-corrected chi connectivity index (χ0v) is 12.4. The van der Waals surface area contributed by atoms with E-state index >= 15 is 0 Å². The summed E-state index contributed by atoms with van der Waals surface area (Å²) in [7, 11) is 1.68. The lowest BCUT2D eigenvalue weighted by Gasteiger charge is -2.21. The highest BCUT2D eigenvalue weighted by molar-refractivity contribution is 5.84. The van der Waals surface area contributed by atoms with Gasteiger partial charge in [0.25, 0.3) is 0 Å². The van der Waals surface area contributed by atoms with Crippen LogP contribution in [0.2, 0.25) is 0 Å². The second-order valence-corrected chi connectivity index (χ2v) is 5.15. The summed E-state index contributed by atoms with van der Waals surface area (Å²) in [5, 5.41) is 15.1. The summed E-state index contributed by atoms with van der Waals surface area (Å²) < 4.78 is 5.24. The number of ether oxygens (including phenoxy) is 1. The van der Waals surface area contributed by atoms with E-state index in [1.54, 1.807) is 7.11 Å². The Morgan fingerprint density at radius 1 is 1.15 bits per heavy atom. The highest BCUT2D eigenvalue weighted by Gasteiger charge is 2.11. The third kappa shape index (κ3) is 3.30. The minimum atomic E-state index is 0.150. The Bertz CT molecular complexity index is 564. The molecule has 0 aliphatic carbocycles. The number of aliphatic hydroxyl groups is 1. The first-order valence-corrected chi connectivity index (χ1v) is 7.12. The van der Waals surface area contributed by atoms with Gasteiger partial charge in [-0.25, -0.2) is 0 Å². The average Bonchev–Trinajstić information content (AvgIpc) is 2.51. The van der Waals surface area contributed by atoms with Crippen LogP contribution in [-0.2, 0) is 0 Å². The number of nitrogens with one attached hydrogen (secondary N) is 1. The van der Waals surface area contributed by atoms with Crippen LogP contribution in [-0.4, -0.2) is 24.9 Å². The van der Waals surface area contributed by atoms with Gasteiger partial charge in [-0.05, 0) is 47.9 Å². The number of aliphatic hydroxyl groups excluding tert-OH is 1. The normalized spacial score (nSPS) is 14.2. The van der Waals surface area contributed by atoms with E-state index in [9.17, 15) is 5.11 Å². The highest BCUT2D eigenvalue weighted by atomic mass is 16.5. The zero-order chi connectivity index (χ0) is 14.5. The summed E-state index contributed by atoms with van der Waals surface area (Å²) in [6, 6.07) is 12.9. The Balaban J connectivity index is 2.22. The molecule has 0 saturated carbocycles. The van der Waals surface area contributed by atoms with Gasteiger partial charge in [-0.3, -0.25) is 0 Å². The SMILES string of the molecule is CC[C@@H](CO)NC(C)c1ccc2cc(OC)ccc2c1. The monoisotopic (exact) mass is 273 g/mol. The van der Waals surface area contributed by atoms with E-state index in [0.717, 1.165) is 12.2 Å². The number of benzene rings is 2. The number of methoxy groups -OCH3 is 1. The molecule has 1 unspecified atom stereocenters. The first-order valence-electron chi connectivity index (χ1n) is 7.12. The highest BCUT2D eigenvalue weighted by Crippen LogP contribution is 2.24. The quantitative estimate of drug-likeness (QED) is 0.848. The van der Waals surface area contributed by atoms with Crippen molar-refractivity contribution < 1.29 is 9.84 Å². The van der Waals surface area contributed by atoms with Gasteiger partial charge < -0.3 is 15.2 Å². The van der Waals surface area contributed by atoms with Crippen molar-refractivity contribution in [3.63, 3.8) is 0 Å². The van der Waals surface area contributed by atoms with E-state index in [4.69, 9.17) is 4.74 Å². The van der Waals surface area contributed by atoms with Crippen LogP contribution in [0.3, 0.4) is 0 Å². The third-order valence-corrected chi connectivity index (χ3v) is 3.77. The van der Waals surface area contributed by atoms with Crippen LogP contribution in [0.25, 0.3) is 10.8 Å².